The molecule has 3 aromatic rings. The number of piperidine rings is 1. The van der Waals surface area contributed by atoms with Gasteiger partial charge in [0.15, 0.2) is 0 Å². The Balaban J connectivity index is 1.29. The number of aromatic nitrogens is 1. The predicted molar refractivity (Wildman–Crippen MR) is 157 cm³/mol. The third kappa shape index (κ3) is 5.29. The van der Waals surface area contributed by atoms with Crippen molar-refractivity contribution >= 4 is 17.5 Å². The number of carbonyl (C=O) groups is 2. The molecule has 39 heavy (non-hydrogen) atoms. The Labute approximate surface area is 232 Å². The zero-order valence-electron chi connectivity index (χ0n) is 24.1. The molecule has 0 saturated carbocycles. The van der Waals surface area contributed by atoms with E-state index in [1.165, 1.54) is 11.3 Å². The fourth-order valence-corrected chi connectivity index (χ4v) is 6.46. The van der Waals surface area contributed by atoms with E-state index >= 15 is 0 Å². The number of hydrogen-bond donors (Lipinski definition) is 0. The van der Waals surface area contributed by atoms with Crippen LogP contribution in [0, 0.1) is 27.7 Å². The quantitative estimate of drug-likeness (QED) is 0.422. The molecule has 6 heteroatoms. The first-order chi connectivity index (χ1) is 18.6. The van der Waals surface area contributed by atoms with Crippen molar-refractivity contribution in [2.75, 3.05) is 32.1 Å². The molecule has 0 spiro atoms. The molecule has 1 aromatic heterocycles. The lowest BCUT2D eigenvalue weighted by Crippen LogP contribution is -2.45. The van der Waals surface area contributed by atoms with Crippen molar-refractivity contribution in [1.82, 2.24) is 14.8 Å². The summed E-state index contributed by atoms with van der Waals surface area (Å²) in [5.74, 6) is 0.102. The number of rotatable bonds is 5. The number of amides is 2. The minimum Gasteiger partial charge on any atom is -0.371 e. The lowest BCUT2D eigenvalue weighted by molar-refractivity contribution is 0.0709. The van der Waals surface area contributed by atoms with Crippen LogP contribution in [-0.2, 0) is 6.42 Å². The van der Waals surface area contributed by atoms with Gasteiger partial charge in [0, 0.05) is 61.4 Å². The number of aryl methyl sites for hydroxylation is 5. The van der Waals surface area contributed by atoms with Crippen LogP contribution in [0.15, 0.2) is 48.5 Å². The van der Waals surface area contributed by atoms with E-state index in [0.29, 0.717) is 5.56 Å². The highest BCUT2D eigenvalue weighted by Crippen LogP contribution is 2.37. The van der Waals surface area contributed by atoms with Gasteiger partial charge in [-0.25, -0.2) is 0 Å². The van der Waals surface area contributed by atoms with Crippen molar-refractivity contribution in [3.63, 3.8) is 0 Å². The molecule has 1 aliphatic carbocycles. The van der Waals surface area contributed by atoms with Crippen molar-refractivity contribution in [2.45, 2.75) is 65.5 Å². The summed E-state index contributed by atoms with van der Waals surface area (Å²) in [6.07, 6.45) is 3.66. The molecule has 2 aliphatic rings. The summed E-state index contributed by atoms with van der Waals surface area (Å²) in [7, 11) is 3.83. The average Bonchev–Trinajstić information content (AvgIpc) is 3.34. The second kappa shape index (κ2) is 10.8. The van der Waals surface area contributed by atoms with E-state index in [1.807, 2.05) is 81.9 Å². The Kier molecular flexibility index (Phi) is 7.48. The maximum Gasteiger partial charge on any atom is 0.254 e. The van der Waals surface area contributed by atoms with Crippen LogP contribution < -0.4 is 4.90 Å². The molecule has 0 radical (unpaired) electrons. The van der Waals surface area contributed by atoms with Gasteiger partial charge >= 0.3 is 0 Å². The van der Waals surface area contributed by atoms with E-state index in [4.69, 9.17) is 0 Å². The SMILES string of the molecule is Cc1cc(N2CCC(N(C)C(=O)c3ccc4c(c3)C(N(C)C(=O)c3c(C)cccc3C)CC4)CC2)cc(C)n1. The van der Waals surface area contributed by atoms with Crippen molar-refractivity contribution in [1.29, 1.82) is 0 Å². The van der Waals surface area contributed by atoms with Crippen LogP contribution in [0.5, 0.6) is 0 Å². The summed E-state index contributed by atoms with van der Waals surface area (Å²) in [5.41, 5.74) is 9.11. The van der Waals surface area contributed by atoms with E-state index in [9.17, 15) is 9.59 Å². The van der Waals surface area contributed by atoms with E-state index in [2.05, 4.69) is 28.1 Å². The highest BCUT2D eigenvalue weighted by molar-refractivity contribution is 5.97. The van der Waals surface area contributed by atoms with E-state index in [0.717, 1.165) is 72.4 Å². The summed E-state index contributed by atoms with van der Waals surface area (Å²) in [5, 5.41) is 0. The monoisotopic (exact) mass is 524 g/mol. The molecule has 2 amide bonds. The van der Waals surface area contributed by atoms with E-state index in [-0.39, 0.29) is 23.9 Å². The molecule has 0 N–H and O–H groups in total. The minimum atomic E-state index is -0.0277. The third-order valence-corrected chi connectivity index (χ3v) is 8.69. The van der Waals surface area contributed by atoms with Crippen LogP contribution in [0.3, 0.4) is 0 Å². The number of pyridine rings is 1. The standard InChI is InChI=1S/C33H40N4O2/c1-21-8-7-9-22(2)31(21)33(39)36(6)30-13-12-25-10-11-26(20-29(25)30)32(38)35(5)27-14-16-37(17-15-27)28-18-23(3)34-24(4)19-28/h7-11,18-20,27,30H,12-17H2,1-6H3. The number of anilines is 1. The summed E-state index contributed by atoms with van der Waals surface area (Å²) < 4.78 is 0. The first-order valence-corrected chi connectivity index (χ1v) is 14.1. The largest absolute Gasteiger partial charge is 0.371 e. The smallest absolute Gasteiger partial charge is 0.254 e. The Morgan fingerprint density at radius 2 is 1.46 bits per heavy atom. The summed E-state index contributed by atoms with van der Waals surface area (Å²) >= 11 is 0. The number of fused-ring (bicyclic) bond motifs is 1. The number of hydrogen-bond acceptors (Lipinski definition) is 4. The van der Waals surface area contributed by atoms with Crippen LogP contribution in [0.1, 0.15) is 79.7 Å². The fourth-order valence-electron chi connectivity index (χ4n) is 6.46. The summed E-state index contributed by atoms with van der Waals surface area (Å²) in [6, 6.07) is 16.5. The average molecular weight is 525 g/mol. The van der Waals surface area contributed by atoms with Crippen LogP contribution in [-0.4, -0.2) is 59.8 Å². The molecule has 0 bridgehead atoms. The van der Waals surface area contributed by atoms with Crippen LogP contribution >= 0.6 is 0 Å². The molecule has 2 heterocycles. The Hall–Kier alpha value is -3.67. The van der Waals surface area contributed by atoms with Gasteiger partial charge in [-0.15, -0.1) is 0 Å². The molecule has 5 rings (SSSR count). The van der Waals surface area contributed by atoms with Gasteiger partial charge in [0.1, 0.15) is 0 Å². The Bertz CT molecular complexity index is 1370. The third-order valence-electron chi connectivity index (χ3n) is 8.69. The Morgan fingerprint density at radius 3 is 2.10 bits per heavy atom. The Morgan fingerprint density at radius 1 is 0.821 bits per heavy atom. The normalized spacial score (nSPS) is 17.2. The van der Waals surface area contributed by atoms with Gasteiger partial charge in [0.05, 0.1) is 6.04 Å². The highest BCUT2D eigenvalue weighted by atomic mass is 16.2. The van der Waals surface area contributed by atoms with Gasteiger partial charge in [0.25, 0.3) is 11.8 Å². The molecule has 1 saturated heterocycles. The van der Waals surface area contributed by atoms with E-state index in [1.54, 1.807) is 0 Å². The molecular weight excluding hydrogens is 484 g/mol. The second-order valence-electron chi connectivity index (χ2n) is 11.4. The zero-order chi connectivity index (χ0) is 27.8. The molecule has 1 atom stereocenters. The lowest BCUT2D eigenvalue weighted by Gasteiger charge is -2.38. The van der Waals surface area contributed by atoms with Gasteiger partial charge in [-0.2, -0.15) is 0 Å². The summed E-state index contributed by atoms with van der Waals surface area (Å²) in [4.78, 5) is 37.9. The van der Waals surface area contributed by atoms with Gasteiger partial charge in [-0.3, -0.25) is 14.6 Å². The van der Waals surface area contributed by atoms with Gasteiger partial charge in [0.2, 0.25) is 0 Å². The highest BCUT2D eigenvalue weighted by Gasteiger charge is 2.32. The van der Waals surface area contributed by atoms with Gasteiger partial charge in [-0.05, 0) is 99.9 Å². The maximum atomic E-state index is 13.6. The van der Waals surface area contributed by atoms with Crippen LogP contribution in [0.25, 0.3) is 0 Å². The van der Waals surface area contributed by atoms with Gasteiger partial charge in [-0.1, -0.05) is 24.3 Å². The number of nitrogens with zero attached hydrogens (tertiary/aromatic N) is 4. The molecule has 1 aliphatic heterocycles. The van der Waals surface area contributed by atoms with Crippen molar-refractivity contribution in [3.05, 3.63) is 93.3 Å². The maximum absolute atomic E-state index is 13.6. The predicted octanol–water partition coefficient (Wildman–Crippen LogP) is 5.82. The first kappa shape index (κ1) is 26.9. The fraction of sp³-hybridized carbons (Fsp3) is 0.424. The summed E-state index contributed by atoms with van der Waals surface area (Å²) in [6.45, 7) is 9.90. The lowest BCUT2D eigenvalue weighted by atomic mass is 9.98. The topological polar surface area (TPSA) is 56.8 Å². The number of benzene rings is 2. The minimum absolute atomic E-state index is 0.0277. The molecule has 1 fully saturated rings. The molecule has 1 unspecified atom stereocenters. The van der Waals surface area contributed by atoms with Crippen LogP contribution in [0.2, 0.25) is 0 Å². The van der Waals surface area contributed by atoms with Gasteiger partial charge < -0.3 is 14.7 Å². The van der Waals surface area contributed by atoms with Crippen molar-refractivity contribution in [2.24, 2.45) is 0 Å². The number of carbonyl (C=O) groups excluding carboxylic acids is 2. The first-order valence-electron chi connectivity index (χ1n) is 14.1. The second-order valence-corrected chi connectivity index (χ2v) is 11.4. The molecule has 6 nitrogen and oxygen atoms in total. The molecular formula is C33H40N4O2. The zero-order valence-corrected chi connectivity index (χ0v) is 24.1. The molecule has 204 valence electrons. The molecule has 2 aromatic carbocycles. The van der Waals surface area contributed by atoms with E-state index < -0.39 is 0 Å². The van der Waals surface area contributed by atoms with Crippen LogP contribution in [0.4, 0.5) is 5.69 Å². The van der Waals surface area contributed by atoms with Crippen molar-refractivity contribution < 1.29 is 9.59 Å². The van der Waals surface area contributed by atoms with Crippen molar-refractivity contribution in [3.8, 4) is 0 Å².